The highest BCUT2D eigenvalue weighted by atomic mass is 35.5. The van der Waals surface area contributed by atoms with Crippen LogP contribution in [0.2, 0.25) is 15.1 Å². The van der Waals surface area contributed by atoms with Crippen molar-refractivity contribution in [2.24, 2.45) is 5.10 Å². The van der Waals surface area contributed by atoms with Crippen molar-refractivity contribution in [1.82, 2.24) is 20.2 Å². The topological polar surface area (TPSA) is 94.5 Å². The van der Waals surface area contributed by atoms with Crippen LogP contribution in [0, 0.1) is 6.92 Å². The van der Waals surface area contributed by atoms with Crippen LogP contribution in [0.25, 0.3) is 10.9 Å². The number of benzene rings is 3. The molecule has 8 nitrogen and oxygen atoms in total. The van der Waals surface area contributed by atoms with Gasteiger partial charge in [0.05, 0.1) is 17.0 Å². The van der Waals surface area contributed by atoms with E-state index in [1.165, 1.54) is 0 Å². The second-order valence-electron chi connectivity index (χ2n) is 8.60. The van der Waals surface area contributed by atoms with Crippen molar-refractivity contribution in [2.75, 3.05) is 5.75 Å². The molecule has 0 aliphatic carbocycles. The molecular formula is C28H22Cl3N5O3S. The zero-order valence-corrected chi connectivity index (χ0v) is 24.2. The van der Waals surface area contributed by atoms with Crippen LogP contribution < -0.4 is 10.2 Å². The maximum atomic E-state index is 12.4. The highest BCUT2D eigenvalue weighted by molar-refractivity contribution is 7.99. The fraction of sp³-hybridized carbons (Fsp3) is 0.143. The van der Waals surface area contributed by atoms with Crippen LogP contribution in [0.15, 0.2) is 81.5 Å². The van der Waals surface area contributed by atoms with Crippen LogP contribution in [0.3, 0.4) is 0 Å². The molecule has 204 valence electrons. The Hall–Kier alpha value is -3.50. The van der Waals surface area contributed by atoms with Gasteiger partial charge in [-0.2, -0.15) is 5.10 Å². The lowest BCUT2D eigenvalue weighted by Crippen LogP contribution is -2.19. The lowest BCUT2D eigenvalue weighted by atomic mass is 10.1. The Balaban J connectivity index is 1.18. The standard InChI is InChI=1S/C28H22Cl3N5O3S/c1-17-21(20-7-3-5-9-24(20)36(17)14-18-6-2-4-8-22(18)30)13-32-33-26(37)16-40-28-35-34-27(39-28)15-38-25-11-10-19(29)12-23(25)31/h2-13H,14-16H2,1H3,(H,33,37)/b32-13-. The number of para-hydroxylation sites is 1. The second kappa shape index (κ2) is 12.8. The summed E-state index contributed by atoms with van der Waals surface area (Å²) in [5, 5.41) is 14.9. The van der Waals surface area contributed by atoms with E-state index in [1.807, 2.05) is 49.4 Å². The number of hydrazone groups is 1. The molecule has 1 amide bonds. The number of aromatic nitrogens is 3. The SMILES string of the molecule is Cc1c(/C=N\NC(=O)CSc2nnc(COc3ccc(Cl)cc3Cl)o2)c2ccccc2n1Cc1ccccc1Cl. The fourth-order valence-electron chi connectivity index (χ4n) is 4.04. The smallest absolute Gasteiger partial charge is 0.277 e. The predicted octanol–water partition coefficient (Wildman–Crippen LogP) is 7.16. The fourth-order valence-corrected chi connectivity index (χ4v) is 5.27. The van der Waals surface area contributed by atoms with Crippen LogP contribution >= 0.6 is 46.6 Å². The number of ether oxygens (including phenoxy) is 1. The van der Waals surface area contributed by atoms with Gasteiger partial charge in [-0.3, -0.25) is 4.79 Å². The number of nitrogens with one attached hydrogen (secondary N) is 1. The first kappa shape index (κ1) is 28.0. The van der Waals surface area contributed by atoms with Gasteiger partial charge in [0.15, 0.2) is 6.61 Å². The van der Waals surface area contributed by atoms with E-state index in [9.17, 15) is 4.79 Å². The number of nitrogens with zero attached hydrogens (tertiary/aromatic N) is 4. The molecule has 1 N–H and O–H groups in total. The van der Waals surface area contributed by atoms with E-state index in [1.54, 1.807) is 24.4 Å². The molecule has 0 saturated heterocycles. The van der Waals surface area contributed by atoms with Gasteiger partial charge in [0.2, 0.25) is 0 Å². The molecule has 0 aliphatic heterocycles. The van der Waals surface area contributed by atoms with Crippen LogP contribution in [-0.4, -0.2) is 32.6 Å². The average Bonchev–Trinajstić information content (AvgIpc) is 3.51. The minimum absolute atomic E-state index is 0.0227. The Morgan fingerprint density at radius 2 is 1.88 bits per heavy atom. The molecule has 12 heteroatoms. The number of fused-ring (bicyclic) bond motifs is 1. The lowest BCUT2D eigenvalue weighted by molar-refractivity contribution is -0.118. The maximum absolute atomic E-state index is 12.4. The highest BCUT2D eigenvalue weighted by Crippen LogP contribution is 2.29. The van der Waals surface area contributed by atoms with Gasteiger partial charge in [0.25, 0.3) is 17.0 Å². The van der Waals surface area contributed by atoms with Gasteiger partial charge in [0.1, 0.15) is 5.75 Å². The van der Waals surface area contributed by atoms with Crippen molar-refractivity contribution in [3.63, 3.8) is 0 Å². The summed E-state index contributed by atoms with van der Waals surface area (Å²) in [6.07, 6.45) is 1.66. The molecule has 0 radical (unpaired) electrons. The minimum Gasteiger partial charge on any atom is -0.482 e. The molecule has 2 aromatic heterocycles. The van der Waals surface area contributed by atoms with E-state index in [2.05, 4.69) is 31.4 Å². The predicted molar refractivity (Wildman–Crippen MR) is 159 cm³/mol. The number of rotatable bonds is 10. The number of carbonyl (C=O) groups is 1. The first-order valence-electron chi connectivity index (χ1n) is 12.0. The summed E-state index contributed by atoms with van der Waals surface area (Å²) in [5.41, 5.74) is 6.56. The van der Waals surface area contributed by atoms with Gasteiger partial charge in [-0.25, -0.2) is 5.43 Å². The number of thioether (sulfide) groups is 1. The van der Waals surface area contributed by atoms with Gasteiger partial charge in [0, 0.05) is 38.8 Å². The first-order valence-corrected chi connectivity index (χ1v) is 14.2. The van der Waals surface area contributed by atoms with Crippen LogP contribution in [-0.2, 0) is 17.9 Å². The van der Waals surface area contributed by atoms with E-state index < -0.39 is 0 Å². The molecular weight excluding hydrogens is 593 g/mol. The van der Waals surface area contributed by atoms with E-state index in [-0.39, 0.29) is 29.4 Å². The number of hydrogen-bond donors (Lipinski definition) is 1. The van der Waals surface area contributed by atoms with E-state index in [4.69, 9.17) is 44.0 Å². The average molecular weight is 615 g/mol. The number of amides is 1. The van der Waals surface area contributed by atoms with E-state index in [0.717, 1.165) is 39.5 Å². The van der Waals surface area contributed by atoms with Gasteiger partial charge in [-0.05, 0) is 42.8 Å². The zero-order valence-electron chi connectivity index (χ0n) is 21.1. The molecule has 0 aliphatic rings. The van der Waals surface area contributed by atoms with Crippen LogP contribution in [0.5, 0.6) is 5.75 Å². The van der Waals surface area contributed by atoms with Crippen LogP contribution in [0.1, 0.15) is 22.7 Å². The molecule has 2 heterocycles. The van der Waals surface area contributed by atoms with Crippen molar-refractivity contribution in [2.45, 2.75) is 25.3 Å². The lowest BCUT2D eigenvalue weighted by Gasteiger charge is -2.10. The summed E-state index contributed by atoms with van der Waals surface area (Å²) in [6.45, 7) is 2.66. The van der Waals surface area contributed by atoms with Crippen molar-refractivity contribution < 1.29 is 13.9 Å². The quantitative estimate of drug-likeness (QED) is 0.102. The molecule has 5 rings (SSSR count). The highest BCUT2D eigenvalue weighted by Gasteiger charge is 2.15. The molecule has 40 heavy (non-hydrogen) atoms. The molecule has 0 bridgehead atoms. The Labute approximate surface area is 249 Å². The third-order valence-corrected chi connectivity index (χ3v) is 7.69. The first-order chi connectivity index (χ1) is 19.4. The van der Waals surface area contributed by atoms with E-state index in [0.29, 0.717) is 27.4 Å². The Bertz CT molecular complexity index is 1700. The molecule has 3 aromatic carbocycles. The molecule has 0 saturated carbocycles. The maximum Gasteiger partial charge on any atom is 0.277 e. The Kier molecular flexibility index (Phi) is 8.96. The Morgan fingerprint density at radius 1 is 1.07 bits per heavy atom. The minimum atomic E-state index is -0.317. The number of hydrogen-bond acceptors (Lipinski definition) is 7. The third-order valence-electron chi connectivity index (χ3n) is 5.97. The monoisotopic (exact) mass is 613 g/mol. The van der Waals surface area contributed by atoms with Crippen molar-refractivity contribution in [3.8, 4) is 5.75 Å². The third kappa shape index (κ3) is 6.62. The van der Waals surface area contributed by atoms with E-state index >= 15 is 0 Å². The summed E-state index contributed by atoms with van der Waals surface area (Å²) in [5.74, 6) is 0.409. The molecule has 0 fully saturated rings. The van der Waals surface area contributed by atoms with Crippen molar-refractivity contribution in [3.05, 3.63) is 105 Å². The second-order valence-corrected chi connectivity index (χ2v) is 10.8. The molecule has 0 spiro atoms. The zero-order chi connectivity index (χ0) is 28.1. The normalized spacial score (nSPS) is 11.4. The molecule has 5 aromatic rings. The van der Waals surface area contributed by atoms with Gasteiger partial charge < -0.3 is 13.7 Å². The summed E-state index contributed by atoms with van der Waals surface area (Å²) in [4.78, 5) is 12.4. The number of carbonyl (C=O) groups excluding carboxylic acids is 1. The molecule has 0 unspecified atom stereocenters. The summed E-state index contributed by atoms with van der Waals surface area (Å²) in [6, 6.07) is 20.7. The summed E-state index contributed by atoms with van der Waals surface area (Å²) >= 11 is 19.5. The molecule has 0 atom stereocenters. The summed E-state index contributed by atoms with van der Waals surface area (Å²) < 4.78 is 13.3. The summed E-state index contributed by atoms with van der Waals surface area (Å²) in [7, 11) is 0. The van der Waals surface area contributed by atoms with Crippen molar-refractivity contribution >= 4 is 69.6 Å². The van der Waals surface area contributed by atoms with Gasteiger partial charge in [-0.15, -0.1) is 10.2 Å². The Morgan fingerprint density at radius 3 is 2.70 bits per heavy atom. The van der Waals surface area contributed by atoms with Crippen molar-refractivity contribution in [1.29, 1.82) is 0 Å². The van der Waals surface area contributed by atoms with Gasteiger partial charge in [-0.1, -0.05) is 83.0 Å². The van der Waals surface area contributed by atoms with Gasteiger partial charge >= 0.3 is 0 Å². The number of halogens is 3. The largest absolute Gasteiger partial charge is 0.482 e. The van der Waals surface area contributed by atoms with Crippen LogP contribution in [0.4, 0.5) is 0 Å².